The first-order valence-electron chi connectivity index (χ1n) is 11.5. The minimum absolute atomic E-state index is 0.0909. The van der Waals surface area contributed by atoms with E-state index in [0.717, 1.165) is 18.7 Å². The molecule has 2 saturated heterocycles. The van der Waals surface area contributed by atoms with Crippen LogP contribution in [0, 0.1) is 17.7 Å². The topological polar surface area (TPSA) is 52.7 Å². The number of alkyl halides is 3. The molecule has 35 heavy (non-hydrogen) atoms. The molecule has 2 aliphatic rings. The minimum atomic E-state index is -4.56. The van der Waals surface area contributed by atoms with Gasteiger partial charge in [-0.2, -0.15) is 13.2 Å². The number of nitrogens with zero attached hydrogens (tertiary/aromatic N) is 2. The molecule has 2 fully saturated rings. The fourth-order valence-electron chi connectivity index (χ4n) is 5.05. The van der Waals surface area contributed by atoms with Crippen LogP contribution in [0.1, 0.15) is 34.8 Å². The van der Waals surface area contributed by atoms with Crippen molar-refractivity contribution in [2.45, 2.75) is 25.1 Å². The number of nitrogens with one attached hydrogen (secondary N) is 1. The number of amides is 2. The normalized spacial score (nSPS) is 21.1. The van der Waals surface area contributed by atoms with E-state index in [2.05, 4.69) is 10.2 Å². The predicted molar refractivity (Wildman–Crippen MR) is 123 cm³/mol. The summed E-state index contributed by atoms with van der Waals surface area (Å²) in [5.41, 5.74) is 0.646. The van der Waals surface area contributed by atoms with Crippen molar-refractivity contribution in [1.82, 2.24) is 15.1 Å². The van der Waals surface area contributed by atoms with Crippen molar-refractivity contribution >= 4 is 23.4 Å². The molecule has 2 aromatic carbocycles. The van der Waals surface area contributed by atoms with Crippen LogP contribution in [0.3, 0.4) is 0 Å². The molecule has 0 aromatic heterocycles. The number of likely N-dealkylation sites (tertiary alicyclic amines) is 2. The quantitative estimate of drug-likeness (QED) is 0.549. The monoisotopic (exact) mass is 511 g/mol. The van der Waals surface area contributed by atoms with Gasteiger partial charge in [-0.15, -0.1) is 0 Å². The van der Waals surface area contributed by atoms with E-state index in [1.165, 1.54) is 18.2 Å². The lowest BCUT2D eigenvalue weighted by Crippen LogP contribution is -2.36. The van der Waals surface area contributed by atoms with Gasteiger partial charge in [0.2, 0.25) is 5.91 Å². The summed E-state index contributed by atoms with van der Waals surface area (Å²) in [7, 11) is 0. The Kier molecular flexibility index (Phi) is 7.66. The maximum atomic E-state index is 14.2. The summed E-state index contributed by atoms with van der Waals surface area (Å²) >= 11 is 6.05. The molecule has 0 bridgehead atoms. The van der Waals surface area contributed by atoms with Crippen molar-refractivity contribution in [1.29, 1.82) is 0 Å². The molecule has 2 unspecified atom stereocenters. The van der Waals surface area contributed by atoms with Crippen LogP contribution < -0.4 is 5.32 Å². The van der Waals surface area contributed by atoms with Crippen LogP contribution in [0.15, 0.2) is 48.5 Å². The number of carbonyl (C=O) groups is 2. The molecule has 0 aliphatic carbocycles. The first kappa shape index (κ1) is 25.4. The van der Waals surface area contributed by atoms with Crippen LogP contribution in [0.5, 0.6) is 0 Å². The fourth-order valence-corrected chi connectivity index (χ4v) is 5.29. The van der Waals surface area contributed by atoms with Crippen molar-refractivity contribution in [2.75, 3.05) is 32.7 Å². The lowest BCUT2D eigenvalue weighted by molar-refractivity contribution is -0.154. The standard InChI is InChI=1S/C25H26ClF4N3O2/c26-19-7-4-8-20(27)23(19)24(35)33-14-17-12-32(13-18(17)15-33)10-9-21(16-5-2-1-3-6-16)31-22(34)11-25(28,29)30/h1-8,17-18,21H,9-15H2,(H,31,34)/t17?,18?,21-/m0/s1. The first-order chi connectivity index (χ1) is 16.6. The van der Waals surface area contributed by atoms with Gasteiger partial charge in [-0.3, -0.25) is 9.59 Å². The van der Waals surface area contributed by atoms with Gasteiger partial charge in [0.15, 0.2) is 0 Å². The molecule has 2 aromatic rings. The van der Waals surface area contributed by atoms with E-state index in [4.69, 9.17) is 11.6 Å². The van der Waals surface area contributed by atoms with Gasteiger partial charge in [-0.25, -0.2) is 4.39 Å². The second kappa shape index (κ2) is 10.5. The highest BCUT2D eigenvalue weighted by molar-refractivity contribution is 6.33. The second-order valence-corrected chi connectivity index (χ2v) is 9.61. The minimum Gasteiger partial charge on any atom is -0.349 e. The molecule has 2 amide bonds. The average molecular weight is 512 g/mol. The number of halogens is 5. The Balaban J connectivity index is 1.33. The Bertz CT molecular complexity index is 1030. The van der Waals surface area contributed by atoms with Gasteiger partial charge in [0.1, 0.15) is 12.2 Å². The Hall–Kier alpha value is -2.65. The van der Waals surface area contributed by atoms with Crippen LogP contribution in [0.2, 0.25) is 5.02 Å². The molecular weight excluding hydrogens is 486 g/mol. The number of hydrogen-bond donors (Lipinski definition) is 1. The molecular formula is C25H26ClF4N3O2. The predicted octanol–water partition coefficient (Wildman–Crippen LogP) is 4.68. The molecule has 4 rings (SSSR count). The molecule has 5 nitrogen and oxygen atoms in total. The van der Waals surface area contributed by atoms with Crippen LogP contribution >= 0.6 is 11.6 Å². The Morgan fingerprint density at radius 2 is 1.66 bits per heavy atom. The number of fused-ring (bicyclic) bond motifs is 1. The number of hydrogen-bond acceptors (Lipinski definition) is 3. The summed E-state index contributed by atoms with van der Waals surface area (Å²) in [6.45, 7) is 3.02. The van der Waals surface area contributed by atoms with Crippen molar-refractivity contribution in [3.8, 4) is 0 Å². The van der Waals surface area contributed by atoms with Gasteiger partial charge in [0.05, 0.1) is 16.6 Å². The SMILES string of the molecule is O=C(CC(F)(F)F)N[C@@H](CCN1CC2CN(C(=O)c3c(F)cccc3Cl)CC2C1)c1ccccc1. The summed E-state index contributed by atoms with van der Waals surface area (Å²) in [4.78, 5) is 28.6. The van der Waals surface area contributed by atoms with E-state index in [1.807, 2.05) is 0 Å². The molecule has 2 heterocycles. The van der Waals surface area contributed by atoms with Crippen LogP contribution in [-0.4, -0.2) is 60.5 Å². The van der Waals surface area contributed by atoms with E-state index in [1.54, 1.807) is 35.2 Å². The molecule has 2 aliphatic heterocycles. The summed E-state index contributed by atoms with van der Waals surface area (Å²) in [5, 5.41) is 2.62. The Labute approximate surface area is 206 Å². The van der Waals surface area contributed by atoms with Gasteiger partial charge in [0.25, 0.3) is 5.91 Å². The van der Waals surface area contributed by atoms with Crippen LogP contribution in [-0.2, 0) is 4.79 Å². The Morgan fingerprint density at radius 1 is 1.00 bits per heavy atom. The lowest BCUT2D eigenvalue weighted by atomic mass is 10.0. The number of benzene rings is 2. The molecule has 0 saturated carbocycles. The van der Waals surface area contributed by atoms with E-state index < -0.39 is 36.3 Å². The maximum absolute atomic E-state index is 14.2. The highest BCUT2D eigenvalue weighted by Gasteiger charge is 2.42. The number of carbonyl (C=O) groups excluding carboxylic acids is 2. The van der Waals surface area contributed by atoms with Crippen LogP contribution in [0.4, 0.5) is 17.6 Å². The Morgan fingerprint density at radius 3 is 2.26 bits per heavy atom. The smallest absolute Gasteiger partial charge is 0.349 e. The molecule has 3 atom stereocenters. The lowest BCUT2D eigenvalue weighted by Gasteiger charge is -2.25. The zero-order valence-corrected chi connectivity index (χ0v) is 19.7. The summed E-state index contributed by atoms with van der Waals surface area (Å²) in [5.74, 6) is -1.66. The zero-order chi connectivity index (χ0) is 25.2. The highest BCUT2D eigenvalue weighted by atomic mass is 35.5. The van der Waals surface area contributed by atoms with Crippen molar-refractivity contribution in [2.24, 2.45) is 11.8 Å². The van der Waals surface area contributed by atoms with Gasteiger partial charge in [-0.1, -0.05) is 48.0 Å². The zero-order valence-electron chi connectivity index (χ0n) is 18.9. The molecule has 1 N–H and O–H groups in total. The van der Waals surface area contributed by atoms with E-state index in [-0.39, 0.29) is 22.4 Å². The molecule has 0 radical (unpaired) electrons. The fraction of sp³-hybridized carbons (Fsp3) is 0.440. The first-order valence-corrected chi connectivity index (χ1v) is 11.8. The summed E-state index contributed by atoms with van der Waals surface area (Å²) in [6, 6.07) is 12.6. The highest BCUT2D eigenvalue weighted by Crippen LogP contribution is 2.34. The van der Waals surface area contributed by atoms with Crippen molar-refractivity contribution in [3.05, 3.63) is 70.5 Å². The maximum Gasteiger partial charge on any atom is 0.397 e. The summed E-state index contributed by atoms with van der Waals surface area (Å²) < 4.78 is 52.1. The summed E-state index contributed by atoms with van der Waals surface area (Å²) in [6.07, 6.45) is -5.62. The molecule has 10 heteroatoms. The molecule has 188 valence electrons. The van der Waals surface area contributed by atoms with E-state index in [9.17, 15) is 27.2 Å². The van der Waals surface area contributed by atoms with Gasteiger partial charge in [0, 0.05) is 32.7 Å². The van der Waals surface area contributed by atoms with E-state index >= 15 is 0 Å². The van der Waals surface area contributed by atoms with Crippen LogP contribution in [0.25, 0.3) is 0 Å². The average Bonchev–Trinajstić information content (AvgIpc) is 3.35. The van der Waals surface area contributed by atoms with Gasteiger partial charge >= 0.3 is 6.18 Å². The largest absolute Gasteiger partial charge is 0.397 e. The van der Waals surface area contributed by atoms with Gasteiger partial charge in [-0.05, 0) is 36.0 Å². The number of rotatable bonds is 7. The third-order valence-corrected chi connectivity index (χ3v) is 6.97. The second-order valence-electron chi connectivity index (χ2n) is 9.20. The van der Waals surface area contributed by atoms with Gasteiger partial charge < -0.3 is 15.1 Å². The van der Waals surface area contributed by atoms with E-state index in [0.29, 0.717) is 26.1 Å². The van der Waals surface area contributed by atoms with Crippen molar-refractivity contribution in [3.63, 3.8) is 0 Å². The third-order valence-electron chi connectivity index (χ3n) is 6.66. The third kappa shape index (κ3) is 6.32. The molecule has 0 spiro atoms. The van der Waals surface area contributed by atoms with Crippen molar-refractivity contribution < 1.29 is 27.2 Å².